The van der Waals surface area contributed by atoms with Crippen molar-refractivity contribution < 1.29 is 0 Å². The summed E-state index contributed by atoms with van der Waals surface area (Å²) in [5.41, 5.74) is 8.99. The molecule has 19 heavy (non-hydrogen) atoms. The van der Waals surface area contributed by atoms with Gasteiger partial charge in [0, 0.05) is 19.2 Å². The molecule has 0 spiro atoms. The molecule has 0 atom stereocenters. The van der Waals surface area contributed by atoms with Crippen molar-refractivity contribution in [1.82, 2.24) is 15.1 Å². The summed E-state index contributed by atoms with van der Waals surface area (Å²) in [6.45, 7) is 9.55. The van der Waals surface area contributed by atoms with Gasteiger partial charge >= 0.3 is 0 Å². The van der Waals surface area contributed by atoms with Crippen molar-refractivity contribution in [2.45, 2.75) is 34.2 Å². The molecule has 1 N–H and O–H groups in total. The number of nitrogens with zero attached hydrogens (tertiary/aromatic N) is 2. The Labute approximate surface area is 115 Å². The summed E-state index contributed by atoms with van der Waals surface area (Å²) >= 11 is 0. The zero-order valence-corrected chi connectivity index (χ0v) is 12.8. The lowest BCUT2D eigenvalue weighted by Crippen LogP contribution is -2.06. The first kappa shape index (κ1) is 13.8. The zero-order chi connectivity index (χ0) is 14.2. The van der Waals surface area contributed by atoms with Crippen molar-refractivity contribution in [3.63, 3.8) is 0 Å². The zero-order valence-electron chi connectivity index (χ0n) is 12.8. The molecule has 1 aromatic carbocycles. The van der Waals surface area contributed by atoms with E-state index in [1.165, 1.54) is 33.5 Å². The average Bonchev–Trinajstić information content (AvgIpc) is 2.69. The van der Waals surface area contributed by atoms with Gasteiger partial charge < -0.3 is 5.32 Å². The molecule has 2 rings (SSSR count). The summed E-state index contributed by atoms with van der Waals surface area (Å²) in [4.78, 5) is 0. The monoisotopic (exact) mass is 257 g/mol. The van der Waals surface area contributed by atoms with Gasteiger partial charge in [0.2, 0.25) is 0 Å². The summed E-state index contributed by atoms with van der Waals surface area (Å²) in [5.74, 6) is 0. The quantitative estimate of drug-likeness (QED) is 0.916. The predicted octanol–water partition coefficient (Wildman–Crippen LogP) is 3.04. The van der Waals surface area contributed by atoms with Crippen LogP contribution in [0, 0.1) is 27.7 Å². The third-order valence-corrected chi connectivity index (χ3v) is 3.91. The summed E-state index contributed by atoms with van der Waals surface area (Å²) in [5, 5.41) is 7.72. The second-order valence-corrected chi connectivity index (χ2v) is 5.31. The first-order chi connectivity index (χ1) is 8.95. The standard InChI is InChI=1S/C16H23N3/c1-10-7-11(2)13(4)16(12(10)3)15-8-14(9-17-5)18-19(15)6/h7-8,17H,9H2,1-6H3. The Morgan fingerprint density at radius 3 is 2.16 bits per heavy atom. The van der Waals surface area contributed by atoms with Gasteiger partial charge in [0.05, 0.1) is 11.4 Å². The van der Waals surface area contributed by atoms with E-state index in [2.05, 4.69) is 50.2 Å². The molecule has 0 aliphatic heterocycles. The van der Waals surface area contributed by atoms with E-state index in [0.29, 0.717) is 0 Å². The highest BCUT2D eigenvalue weighted by atomic mass is 15.3. The number of benzene rings is 1. The van der Waals surface area contributed by atoms with Crippen molar-refractivity contribution >= 4 is 0 Å². The summed E-state index contributed by atoms with van der Waals surface area (Å²) in [7, 11) is 3.96. The maximum atomic E-state index is 4.57. The maximum absolute atomic E-state index is 4.57. The van der Waals surface area contributed by atoms with Crippen LogP contribution in [0.15, 0.2) is 12.1 Å². The fourth-order valence-corrected chi connectivity index (χ4v) is 2.63. The van der Waals surface area contributed by atoms with Crippen LogP contribution < -0.4 is 5.32 Å². The summed E-state index contributed by atoms with van der Waals surface area (Å²) < 4.78 is 1.99. The van der Waals surface area contributed by atoms with E-state index in [1.54, 1.807) is 0 Å². The van der Waals surface area contributed by atoms with Crippen molar-refractivity contribution in [2.75, 3.05) is 7.05 Å². The van der Waals surface area contributed by atoms with Crippen molar-refractivity contribution in [3.8, 4) is 11.3 Å². The van der Waals surface area contributed by atoms with Gasteiger partial charge in [-0.3, -0.25) is 4.68 Å². The average molecular weight is 257 g/mol. The predicted molar refractivity (Wildman–Crippen MR) is 80.4 cm³/mol. The highest BCUT2D eigenvalue weighted by molar-refractivity contribution is 5.71. The van der Waals surface area contributed by atoms with E-state index >= 15 is 0 Å². The van der Waals surface area contributed by atoms with E-state index in [0.717, 1.165) is 12.2 Å². The lowest BCUT2D eigenvalue weighted by Gasteiger charge is -2.15. The summed E-state index contributed by atoms with van der Waals surface area (Å²) in [6, 6.07) is 4.45. The Morgan fingerprint density at radius 1 is 1.05 bits per heavy atom. The minimum absolute atomic E-state index is 0.802. The Hall–Kier alpha value is -1.61. The first-order valence-corrected chi connectivity index (χ1v) is 6.71. The second-order valence-electron chi connectivity index (χ2n) is 5.31. The molecule has 0 fully saturated rings. The van der Waals surface area contributed by atoms with Crippen LogP contribution in [0.2, 0.25) is 0 Å². The topological polar surface area (TPSA) is 29.9 Å². The summed E-state index contributed by atoms with van der Waals surface area (Å²) in [6.07, 6.45) is 0. The Kier molecular flexibility index (Phi) is 3.76. The molecular weight excluding hydrogens is 234 g/mol. The molecule has 0 aliphatic carbocycles. The van der Waals surface area contributed by atoms with Crippen LogP contribution in [0.25, 0.3) is 11.3 Å². The van der Waals surface area contributed by atoms with Crippen LogP contribution in [0.4, 0.5) is 0 Å². The van der Waals surface area contributed by atoms with E-state index in [1.807, 2.05) is 18.8 Å². The van der Waals surface area contributed by atoms with Crippen LogP contribution in [-0.2, 0) is 13.6 Å². The van der Waals surface area contributed by atoms with E-state index < -0.39 is 0 Å². The van der Waals surface area contributed by atoms with Gasteiger partial charge in [-0.05, 0) is 63.1 Å². The number of rotatable bonds is 3. The molecule has 2 aromatic rings. The molecule has 0 radical (unpaired) electrons. The minimum Gasteiger partial charge on any atom is -0.314 e. The fourth-order valence-electron chi connectivity index (χ4n) is 2.63. The highest BCUT2D eigenvalue weighted by Gasteiger charge is 2.14. The molecule has 0 amide bonds. The SMILES string of the molecule is CNCc1cc(-c2c(C)c(C)cc(C)c2C)n(C)n1. The van der Waals surface area contributed by atoms with Crippen LogP contribution in [0.5, 0.6) is 0 Å². The molecule has 3 heteroatoms. The van der Waals surface area contributed by atoms with E-state index in [-0.39, 0.29) is 0 Å². The highest BCUT2D eigenvalue weighted by Crippen LogP contribution is 2.31. The molecule has 102 valence electrons. The minimum atomic E-state index is 0.802. The van der Waals surface area contributed by atoms with Crippen LogP contribution >= 0.6 is 0 Å². The van der Waals surface area contributed by atoms with Gasteiger partial charge in [-0.2, -0.15) is 5.10 Å². The largest absolute Gasteiger partial charge is 0.314 e. The van der Waals surface area contributed by atoms with Crippen LogP contribution in [-0.4, -0.2) is 16.8 Å². The third-order valence-electron chi connectivity index (χ3n) is 3.91. The molecule has 0 saturated heterocycles. The lowest BCUT2D eigenvalue weighted by atomic mass is 9.92. The lowest BCUT2D eigenvalue weighted by molar-refractivity contribution is 0.715. The second kappa shape index (κ2) is 5.17. The molecular formula is C16H23N3. The van der Waals surface area contributed by atoms with Crippen molar-refractivity contribution in [3.05, 3.63) is 40.1 Å². The van der Waals surface area contributed by atoms with Gasteiger partial charge in [-0.25, -0.2) is 0 Å². The van der Waals surface area contributed by atoms with Gasteiger partial charge in [-0.15, -0.1) is 0 Å². The Bertz CT molecular complexity index is 583. The van der Waals surface area contributed by atoms with Crippen LogP contribution in [0.1, 0.15) is 27.9 Å². The first-order valence-electron chi connectivity index (χ1n) is 6.71. The van der Waals surface area contributed by atoms with Gasteiger partial charge in [0.1, 0.15) is 0 Å². The fraction of sp³-hybridized carbons (Fsp3) is 0.438. The Morgan fingerprint density at radius 2 is 1.63 bits per heavy atom. The third kappa shape index (κ3) is 2.43. The number of aryl methyl sites for hydroxylation is 3. The molecule has 0 saturated carbocycles. The number of hydrogen-bond acceptors (Lipinski definition) is 2. The molecule has 0 unspecified atom stereocenters. The van der Waals surface area contributed by atoms with Gasteiger partial charge in [-0.1, -0.05) is 6.07 Å². The molecule has 1 heterocycles. The van der Waals surface area contributed by atoms with Crippen molar-refractivity contribution in [1.29, 1.82) is 0 Å². The van der Waals surface area contributed by atoms with Gasteiger partial charge in [0.15, 0.2) is 0 Å². The maximum Gasteiger partial charge on any atom is 0.0768 e. The van der Waals surface area contributed by atoms with E-state index in [9.17, 15) is 0 Å². The molecule has 3 nitrogen and oxygen atoms in total. The number of aromatic nitrogens is 2. The molecule has 0 bridgehead atoms. The van der Waals surface area contributed by atoms with Crippen LogP contribution in [0.3, 0.4) is 0 Å². The van der Waals surface area contributed by atoms with Crippen molar-refractivity contribution in [2.24, 2.45) is 7.05 Å². The smallest absolute Gasteiger partial charge is 0.0768 e. The normalized spacial score (nSPS) is 11.1. The van der Waals surface area contributed by atoms with Gasteiger partial charge in [0.25, 0.3) is 0 Å². The Balaban J connectivity index is 2.65. The van der Waals surface area contributed by atoms with E-state index in [4.69, 9.17) is 0 Å². The number of nitrogens with one attached hydrogen (secondary N) is 1. The molecule has 1 aromatic heterocycles. The molecule has 0 aliphatic rings. The number of hydrogen-bond donors (Lipinski definition) is 1.